The monoisotopic (exact) mass is 405 g/mol. The molecule has 3 rings (SSSR count). The molecule has 3 aromatic rings. The van der Waals surface area contributed by atoms with E-state index in [0.29, 0.717) is 16.5 Å². The molecule has 0 bridgehead atoms. The maximum atomic E-state index is 12.4. The average Bonchev–Trinajstić information content (AvgIpc) is 2.84. The normalized spacial score (nSPS) is 10.2. The predicted octanol–water partition coefficient (Wildman–Crippen LogP) is 0.102. The summed E-state index contributed by atoms with van der Waals surface area (Å²) < 4.78 is 3.61. The smallest absolute Gasteiger partial charge is 0.355 e. The van der Waals surface area contributed by atoms with E-state index in [1.807, 2.05) is 60.3 Å². The maximum absolute atomic E-state index is 12.4. The summed E-state index contributed by atoms with van der Waals surface area (Å²) in [6.45, 7) is 0.199. The van der Waals surface area contributed by atoms with E-state index >= 15 is 0 Å². The molecule has 6 heteroatoms. The summed E-state index contributed by atoms with van der Waals surface area (Å²) in [5.74, 6) is 0.537. The van der Waals surface area contributed by atoms with Gasteiger partial charge in [0, 0.05) is 16.1 Å². The molecule has 0 unspecified atom stereocenters. The van der Waals surface area contributed by atoms with Gasteiger partial charge < -0.3 is 17.0 Å². The summed E-state index contributed by atoms with van der Waals surface area (Å²) >= 11 is 6.06. The minimum absolute atomic E-state index is 0. The van der Waals surface area contributed by atoms with Gasteiger partial charge in [-0.3, -0.25) is 10.5 Å². The summed E-state index contributed by atoms with van der Waals surface area (Å²) in [5, 5.41) is 0.661. The molecule has 124 valence electrons. The van der Waals surface area contributed by atoms with Gasteiger partial charge in [0.15, 0.2) is 5.78 Å². The second-order valence-corrected chi connectivity index (χ2v) is 5.80. The van der Waals surface area contributed by atoms with Crippen LogP contribution in [0.2, 0.25) is 5.02 Å². The first-order valence-corrected chi connectivity index (χ1v) is 7.63. The first-order valence-electron chi connectivity index (χ1n) is 7.25. The fourth-order valence-electron chi connectivity index (χ4n) is 2.53. The Hall–Kier alpha value is -2.11. The molecule has 4 nitrogen and oxygen atoms in total. The number of hydrogen-bond donors (Lipinski definition) is 1. The number of carbonyl (C=O) groups is 1. The van der Waals surface area contributed by atoms with Crippen molar-refractivity contribution in [1.29, 1.82) is 0 Å². The van der Waals surface area contributed by atoms with Gasteiger partial charge in [-0.05, 0) is 12.1 Å². The van der Waals surface area contributed by atoms with Crippen molar-refractivity contribution in [3.63, 3.8) is 0 Å². The fraction of sp³-hybridized carbons (Fsp3) is 0.111. The Labute approximate surface area is 156 Å². The van der Waals surface area contributed by atoms with Crippen molar-refractivity contribution in [1.82, 2.24) is 4.57 Å². The predicted molar refractivity (Wildman–Crippen MR) is 91.2 cm³/mol. The van der Waals surface area contributed by atoms with Crippen LogP contribution in [-0.2, 0) is 13.6 Å². The third kappa shape index (κ3) is 3.68. The highest BCUT2D eigenvalue weighted by molar-refractivity contribution is 6.30. The number of carbonyl (C=O) groups excluding carboxylic acids is 1. The minimum atomic E-state index is 0. The fourth-order valence-corrected chi connectivity index (χ4v) is 2.72. The molecule has 0 aliphatic carbocycles. The van der Waals surface area contributed by atoms with Crippen LogP contribution in [0.3, 0.4) is 0 Å². The molecule has 0 radical (unpaired) electrons. The Bertz CT molecular complexity index is 862. The number of nitrogen functional groups attached to an aromatic ring is 1. The van der Waals surface area contributed by atoms with Crippen LogP contribution in [0.1, 0.15) is 10.4 Å². The van der Waals surface area contributed by atoms with E-state index in [1.54, 1.807) is 16.7 Å². The molecule has 0 aliphatic heterocycles. The van der Waals surface area contributed by atoms with Gasteiger partial charge in [-0.2, -0.15) is 0 Å². The summed E-state index contributed by atoms with van der Waals surface area (Å²) in [4.78, 5) is 12.4. The highest BCUT2D eigenvalue weighted by Crippen LogP contribution is 2.23. The number of nitrogens with two attached hydrogens (primary N) is 1. The zero-order valence-corrected chi connectivity index (χ0v) is 15.5. The maximum Gasteiger partial charge on any atom is 0.355 e. The quantitative estimate of drug-likeness (QED) is 0.494. The van der Waals surface area contributed by atoms with E-state index in [9.17, 15) is 4.79 Å². The van der Waals surface area contributed by atoms with Gasteiger partial charge in [0.2, 0.25) is 0 Å². The summed E-state index contributed by atoms with van der Waals surface area (Å²) in [5.41, 5.74) is 8.68. The lowest BCUT2D eigenvalue weighted by molar-refractivity contribution is -0.667. The van der Waals surface area contributed by atoms with E-state index in [-0.39, 0.29) is 29.3 Å². The molecule has 0 amide bonds. The molecule has 2 aromatic carbocycles. The topological polar surface area (TPSA) is 51.9 Å². The molecule has 0 spiro atoms. The number of benzene rings is 2. The molecule has 0 atom stereocenters. The van der Waals surface area contributed by atoms with E-state index in [1.165, 1.54) is 0 Å². The Morgan fingerprint density at radius 1 is 1.17 bits per heavy atom. The van der Waals surface area contributed by atoms with Gasteiger partial charge in [-0.25, -0.2) is 9.13 Å². The number of ketones is 1. The Morgan fingerprint density at radius 2 is 1.88 bits per heavy atom. The van der Waals surface area contributed by atoms with Crippen molar-refractivity contribution in [2.24, 2.45) is 7.05 Å². The first-order chi connectivity index (χ1) is 11.1. The van der Waals surface area contributed by atoms with Crippen molar-refractivity contribution in [2.75, 3.05) is 5.73 Å². The number of Topliss-reactive ketones (excluding diaryl/α,β-unsaturated/α-hetero) is 1. The Morgan fingerprint density at radius 3 is 2.54 bits per heavy atom. The Kier molecular flexibility index (Phi) is 5.80. The molecular weight excluding hydrogens is 390 g/mol. The van der Waals surface area contributed by atoms with Crippen LogP contribution in [0, 0.1) is 0 Å². The van der Waals surface area contributed by atoms with Crippen molar-refractivity contribution in [3.8, 4) is 11.3 Å². The van der Waals surface area contributed by atoms with Crippen LogP contribution in [0.15, 0.2) is 60.8 Å². The number of anilines is 1. The van der Waals surface area contributed by atoms with Crippen molar-refractivity contribution in [3.05, 3.63) is 71.4 Å². The minimum Gasteiger partial charge on any atom is -1.00 e. The number of imidazole rings is 1. The van der Waals surface area contributed by atoms with Crippen LogP contribution in [0.25, 0.3) is 11.3 Å². The molecular formula is C18H17BrClN3O. The van der Waals surface area contributed by atoms with Crippen LogP contribution in [0.5, 0.6) is 0 Å². The molecule has 0 saturated heterocycles. The van der Waals surface area contributed by atoms with Crippen molar-refractivity contribution >= 4 is 23.3 Å². The van der Waals surface area contributed by atoms with Gasteiger partial charge in [0.25, 0.3) is 0 Å². The molecule has 0 fully saturated rings. The van der Waals surface area contributed by atoms with Crippen molar-refractivity contribution < 1.29 is 26.3 Å². The molecule has 24 heavy (non-hydrogen) atoms. The summed E-state index contributed by atoms with van der Waals surface area (Å²) in [7, 11) is 1.87. The van der Waals surface area contributed by atoms with Gasteiger partial charge >= 0.3 is 5.95 Å². The molecule has 0 saturated carbocycles. The second-order valence-electron chi connectivity index (χ2n) is 5.36. The highest BCUT2D eigenvalue weighted by atomic mass is 79.9. The third-order valence-corrected chi connectivity index (χ3v) is 4.04. The molecule has 1 heterocycles. The highest BCUT2D eigenvalue weighted by Gasteiger charge is 2.20. The molecule has 1 aromatic heterocycles. The van der Waals surface area contributed by atoms with Crippen LogP contribution in [0.4, 0.5) is 5.95 Å². The zero-order chi connectivity index (χ0) is 16.4. The number of nitrogens with zero attached hydrogens (tertiary/aromatic N) is 2. The summed E-state index contributed by atoms with van der Waals surface area (Å²) in [6, 6.07) is 16.7. The van der Waals surface area contributed by atoms with Crippen LogP contribution in [-0.4, -0.2) is 10.4 Å². The standard InChI is InChI=1S/C18H16ClN3O.BrH/c1-21-16(14-8-5-9-15(19)10-14)11-22(18(21)20)12-17(23)13-6-3-2-4-7-13;/h2-11,20H,12H2,1H3;1H. The first kappa shape index (κ1) is 18.2. The van der Waals surface area contributed by atoms with Crippen LogP contribution < -0.4 is 27.3 Å². The average molecular weight is 407 g/mol. The van der Waals surface area contributed by atoms with E-state index in [2.05, 4.69) is 0 Å². The molecule has 2 N–H and O–H groups in total. The Balaban J connectivity index is 0.00000208. The lowest BCUT2D eigenvalue weighted by Crippen LogP contribution is -3.00. The molecule has 0 aliphatic rings. The number of halogens is 2. The van der Waals surface area contributed by atoms with Gasteiger partial charge in [0.1, 0.15) is 18.4 Å². The second kappa shape index (κ2) is 7.64. The lowest BCUT2D eigenvalue weighted by Gasteiger charge is -2.00. The number of hydrogen-bond acceptors (Lipinski definition) is 2. The third-order valence-electron chi connectivity index (χ3n) is 3.81. The van der Waals surface area contributed by atoms with Gasteiger partial charge in [0.05, 0.1) is 7.05 Å². The lowest BCUT2D eigenvalue weighted by atomic mass is 10.1. The van der Waals surface area contributed by atoms with Crippen LogP contribution >= 0.6 is 11.6 Å². The van der Waals surface area contributed by atoms with E-state index in [0.717, 1.165) is 11.3 Å². The summed E-state index contributed by atoms with van der Waals surface area (Å²) in [6.07, 6.45) is 1.88. The van der Waals surface area contributed by atoms with E-state index in [4.69, 9.17) is 17.3 Å². The number of aromatic nitrogens is 2. The SMILES string of the molecule is Cn1c(-c2cccc(Cl)c2)c[n+](CC(=O)c2ccccc2)c1N.[Br-]. The zero-order valence-electron chi connectivity index (χ0n) is 13.1. The number of rotatable bonds is 4. The van der Waals surface area contributed by atoms with E-state index < -0.39 is 0 Å². The van der Waals surface area contributed by atoms with Gasteiger partial charge in [-0.1, -0.05) is 54.1 Å². The van der Waals surface area contributed by atoms with Gasteiger partial charge in [-0.15, -0.1) is 0 Å². The van der Waals surface area contributed by atoms with Crippen molar-refractivity contribution in [2.45, 2.75) is 6.54 Å². The largest absolute Gasteiger partial charge is 1.00 e.